The molecule has 1 heterocycles. The molecule has 24 heavy (non-hydrogen) atoms. The van der Waals surface area contributed by atoms with E-state index >= 15 is 0 Å². The Morgan fingerprint density at radius 3 is 2.25 bits per heavy atom. The number of nitrogens with zero attached hydrogens (tertiary/aromatic N) is 1. The standard InChI is InChI=1S/C19H19NO3S/c1-21-14-6-4-13(5-7-14)10-19-20-17(12-24-19)16-11-15(22-2)8-9-18(16)23-3/h4-9,11-12H,10H2,1-3H3. The van der Waals surface area contributed by atoms with Gasteiger partial charge in [-0.05, 0) is 35.9 Å². The van der Waals surface area contributed by atoms with Gasteiger partial charge in [0, 0.05) is 17.4 Å². The first-order chi connectivity index (χ1) is 11.7. The van der Waals surface area contributed by atoms with Crippen LogP contribution in [-0.4, -0.2) is 26.3 Å². The fourth-order valence-corrected chi connectivity index (χ4v) is 3.28. The Kier molecular flexibility index (Phi) is 5.01. The zero-order valence-electron chi connectivity index (χ0n) is 13.9. The highest BCUT2D eigenvalue weighted by Gasteiger charge is 2.12. The number of hydrogen-bond donors (Lipinski definition) is 0. The summed E-state index contributed by atoms with van der Waals surface area (Å²) in [6.07, 6.45) is 0.793. The van der Waals surface area contributed by atoms with Gasteiger partial charge in [0.2, 0.25) is 0 Å². The summed E-state index contributed by atoms with van der Waals surface area (Å²) in [5.74, 6) is 2.44. The number of hydrogen-bond acceptors (Lipinski definition) is 5. The highest BCUT2D eigenvalue weighted by Crippen LogP contribution is 2.34. The Hall–Kier alpha value is -2.53. The monoisotopic (exact) mass is 341 g/mol. The molecule has 0 bridgehead atoms. The van der Waals surface area contributed by atoms with Crippen LogP contribution in [0.3, 0.4) is 0 Å². The van der Waals surface area contributed by atoms with E-state index in [-0.39, 0.29) is 0 Å². The molecule has 0 aliphatic rings. The average molecular weight is 341 g/mol. The zero-order chi connectivity index (χ0) is 16.9. The van der Waals surface area contributed by atoms with E-state index in [2.05, 4.69) is 17.5 Å². The molecule has 124 valence electrons. The molecule has 0 spiro atoms. The third-order valence-corrected chi connectivity index (χ3v) is 4.60. The van der Waals surface area contributed by atoms with E-state index in [9.17, 15) is 0 Å². The molecule has 4 nitrogen and oxygen atoms in total. The molecule has 0 saturated carbocycles. The smallest absolute Gasteiger partial charge is 0.128 e. The van der Waals surface area contributed by atoms with Crippen LogP contribution in [0.2, 0.25) is 0 Å². The van der Waals surface area contributed by atoms with Gasteiger partial charge in [0.1, 0.15) is 17.2 Å². The maximum atomic E-state index is 5.45. The van der Waals surface area contributed by atoms with E-state index in [0.29, 0.717) is 0 Å². The summed E-state index contributed by atoms with van der Waals surface area (Å²) in [5.41, 5.74) is 3.04. The van der Waals surface area contributed by atoms with Crippen molar-refractivity contribution in [3.63, 3.8) is 0 Å². The zero-order valence-corrected chi connectivity index (χ0v) is 14.7. The van der Waals surface area contributed by atoms with Crippen LogP contribution in [0.5, 0.6) is 17.2 Å². The van der Waals surface area contributed by atoms with E-state index in [4.69, 9.17) is 19.2 Å². The second kappa shape index (κ2) is 7.36. The number of thiazole rings is 1. The molecule has 1 aromatic heterocycles. The van der Waals surface area contributed by atoms with Crippen molar-refractivity contribution in [1.29, 1.82) is 0 Å². The number of aromatic nitrogens is 1. The third kappa shape index (κ3) is 3.51. The molecule has 0 radical (unpaired) electrons. The minimum atomic E-state index is 0.788. The predicted octanol–water partition coefficient (Wildman–Crippen LogP) is 4.43. The topological polar surface area (TPSA) is 40.6 Å². The Labute approximate surface area is 145 Å². The highest BCUT2D eigenvalue weighted by molar-refractivity contribution is 7.10. The molecule has 0 aliphatic heterocycles. The summed E-state index contributed by atoms with van der Waals surface area (Å²) >= 11 is 1.64. The Bertz CT molecular complexity index is 812. The molecule has 2 aromatic carbocycles. The van der Waals surface area contributed by atoms with E-state index in [0.717, 1.165) is 39.9 Å². The molecule has 0 fully saturated rings. The van der Waals surface area contributed by atoms with Gasteiger partial charge in [-0.1, -0.05) is 12.1 Å². The van der Waals surface area contributed by atoms with Crippen molar-refractivity contribution in [3.05, 3.63) is 58.4 Å². The summed E-state index contributed by atoms with van der Waals surface area (Å²) < 4.78 is 15.9. The van der Waals surface area contributed by atoms with Crippen molar-refractivity contribution in [2.45, 2.75) is 6.42 Å². The number of methoxy groups -OCH3 is 3. The third-order valence-electron chi connectivity index (χ3n) is 3.75. The van der Waals surface area contributed by atoms with E-state index in [1.165, 1.54) is 5.56 Å². The maximum Gasteiger partial charge on any atom is 0.128 e. The molecule has 3 rings (SSSR count). The lowest BCUT2D eigenvalue weighted by Crippen LogP contribution is -1.92. The van der Waals surface area contributed by atoms with Crippen LogP contribution in [0, 0.1) is 0 Å². The van der Waals surface area contributed by atoms with Gasteiger partial charge in [0.25, 0.3) is 0 Å². The molecule has 0 amide bonds. The van der Waals surface area contributed by atoms with Crippen LogP contribution in [0.1, 0.15) is 10.6 Å². The molecule has 0 aliphatic carbocycles. The minimum Gasteiger partial charge on any atom is -0.497 e. The molecule has 0 unspecified atom stereocenters. The van der Waals surface area contributed by atoms with Gasteiger partial charge in [0.05, 0.1) is 32.0 Å². The van der Waals surface area contributed by atoms with Gasteiger partial charge < -0.3 is 14.2 Å². The maximum absolute atomic E-state index is 5.45. The largest absolute Gasteiger partial charge is 0.497 e. The van der Waals surface area contributed by atoms with Gasteiger partial charge in [-0.2, -0.15) is 0 Å². The quantitative estimate of drug-likeness (QED) is 0.665. The molecule has 0 saturated heterocycles. The lowest BCUT2D eigenvalue weighted by molar-refractivity contribution is 0.404. The second-order valence-electron chi connectivity index (χ2n) is 5.22. The van der Waals surface area contributed by atoms with Crippen molar-refractivity contribution < 1.29 is 14.2 Å². The summed E-state index contributed by atoms with van der Waals surface area (Å²) in [4.78, 5) is 4.75. The van der Waals surface area contributed by atoms with Gasteiger partial charge in [-0.3, -0.25) is 0 Å². The van der Waals surface area contributed by atoms with Gasteiger partial charge >= 0.3 is 0 Å². The predicted molar refractivity (Wildman–Crippen MR) is 96.5 cm³/mol. The molecular formula is C19H19NO3S. The fraction of sp³-hybridized carbons (Fsp3) is 0.211. The number of ether oxygens (including phenoxy) is 3. The first-order valence-electron chi connectivity index (χ1n) is 7.53. The minimum absolute atomic E-state index is 0.788. The summed E-state index contributed by atoms with van der Waals surface area (Å²) in [5, 5.41) is 3.11. The summed E-state index contributed by atoms with van der Waals surface area (Å²) in [6.45, 7) is 0. The number of benzene rings is 2. The molecular weight excluding hydrogens is 322 g/mol. The Balaban J connectivity index is 1.84. The van der Waals surface area contributed by atoms with Crippen LogP contribution in [0.25, 0.3) is 11.3 Å². The Morgan fingerprint density at radius 2 is 1.58 bits per heavy atom. The normalized spacial score (nSPS) is 10.5. The van der Waals surface area contributed by atoms with Crippen molar-refractivity contribution in [2.24, 2.45) is 0 Å². The lowest BCUT2D eigenvalue weighted by Gasteiger charge is -2.08. The van der Waals surface area contributed by atoms with Gasteiger partial charge in [-0.25, -0.2) is 4.98 Å². The van der Waals surface area contributed by atoms with Crippen LogP contribution in [-0.2, 0) is 6.42 Å². The molecule has 0 atom stereocenters. The van der Waals surface area contributed by atoms with Crippen LogP contribution >= 0.6 is 11.3 Å². The van der Waals surface area contributed by atoms with Gasteiger partial charge in [0.15, 0.2) is 0 Å². The van der Waals surface area contributed by atoms with Crippen molar-refractivity contribution >= 4 is 11.3 Å². The van der Waals surface area contributed by atoms with Crippen LogP contribution in [0.15, 0.2) is 47.8 Å². The van der Waals surface area contributed by atoms with Crippen LogP contribution < -0.4 is 14.2 Å². The van der Waals surface area contributed by atoms with Gasteiger partial charge in [-0.15, -0.1) is 11.3 Å². The van der Waals surface area contributed by atoms with Crippen molar-refractivity contribution in [2.75, 3.05) is 21.3 Å². The summed E-state index contributed by atoms with van der Waals surface area (Å²) in [6, 6.07) is 13.8. The molecule has 5 heteroatoms. The van der Waals surface area contributed by atoms with E-state index in [1.54, 1.807) is 32.7 Å². The Morgan fingerprint density at radius 1 is 0.875 bits per heavy atom. The summed E-state index contributed by atoms with van der Waals surface area (Å²) in [7, 11) is 4.99. The van der Waals surface area contributed by atoms with E-state index in [1.807, 2.05) is 30.3 Å². The van der Waals surface area contributed by atoms with E-state index < -0.39 is 0 Å². The van der Waals surface area contributed by atoms with Crippen LogP contribution in [0.4, 0.5) is 0 Å². The highest BCUT2D eigenvalue weighted by atomic mass is 32.1. The first-order valence-corrected chi connectivity index (χ1v) is 8.41. The lowest BCUT2D eigenvalue weighted by atomic mass is 10.1. The molecule has 0 N–H and O–H groups in total. The first kappa shape index (κ1) is 16.3. The average Bonchev–Trinajstić information content (AvgIpc) is 3.10. The molecule has 3 aromatic rings. The second-order valence-corrected chi connectivity index (χ2v) is 6.16. The van der Waals surface area contributed by atoms with Crippen molar-refractivity contribution in [1.82, 2.24) is 4.98 Å². The number of rotatable bonds is 6. The van der Waals surface area contributed by atoms with Crippen molar-refractivity contribution in [3.8, 4) is 28.5 Å². The fourth-order valence-electron chi connectivity index (χ4n) is 2.45. The SMILES string of the molecule is COc1ccc(Cc2nc(-c3cc(OC)ccc3OC)cs2)cc1.